The normalized spacial score (nSPS) is 19.8. The molecule has 2 heterocycles. The molecule has 0 saturated carbocycles. The van der Waals surface area contributed by atoms with E-state index < -0.39 is 0 Å². The third-order valence-corrected chi connectivity index (χ3v) is 3.26. The number of aliphatic hydroxyl groups is 1. The first-order valence-electron chi connectivity index (χ1n) is 6.09. The Morgan fingerprint density at radius 1 is 1.47 bits per heavy atom. The molecule has 7 heteroatoms. The molecule has 3 rings (SSSR count). The van der Waals surface area contributed by atoms with Gasteiger partial charge in [0.05, 0.1) is 25.9 Å². The standard InChI is InChI=1S/C12H14N4O3/c17-6-9-7-19-4-3-16(9)12(18)8-1-2-10-11(5-8)14-15-13-10/h1-2,5,9,17H,3-4,6-7H2,(H,13,14,15). The molecule has 1 unspecified atom stereocenters. The van der Waals surface area contributed by atoms with Crippen LogP contribution in [0.25, 0.3) is 11.0 Å². The highest BCUT2D eigenvalue weighted by molar-refractivity contribution is 5.97. The van der Waals surface area contributed by atoms with Crippen molar-refractivity contribution < 1.29 is 14.6 Å². The van der Waals surface area contributed by atoms with Crippen LogP contribution in [0.1, 0.15) is 10.4 Å². The molecule has 2 N–H and O–H groups in total. The molecule has 1 amide bonds. The number of hydrogen-bond donors (Lipinski definition) is 2. The topological polar surface area (TPSA) is 91.3 Å². The van der Waals surface area contributed by atoms with E-state index in [1.165, 1.54) is 0 Å². The number of amides is 1. The molecule has 1 aliphatic heterocycles. The predicted octanol–water partition coefficient (Wildman–Crippen LogP) is -0.209. The second kappa shape index (κ2) is 4.94. The number of ether oxygens (including phenoxy) is 1. The summed E-state index contributed by atoms with van der Waals surface area (Å²) in [7, 11) is 0. The van der Waals surface area contributed by atoms with Gasteiger partial charge in [0, 0.05) is 12.1 Å². The lowest BCUT2D eigenvalue weighted by atomic mass is 10.1. The highest BCUT2D eigenvalue weighted by Crippen LogP contribution is 2.16. The fraction of sp³-hybridized carbons (Fsp3) is 0.417. The van der Waals surface area contributed by atoms with Gasteiger partial charge in [0.2, 0.25) is 0 Å². The molecule has 1 aromatic carbocycles. The monoisotopic (exact) mass is 262 g/mol. The van der Waals surface area contributed by atoms with Gasteiger partial charge >= 0.3 is 0 Å². The van der Waals surface area contributed by atoms with Crippen molar-refractivity contribution in [3.8, 4) is 0 Å². The van der Waals surface area contributed by atoms with Crippen LogP contribution in [0.4, 0.5) is 0 Å². The second-order valence-electron chi connectivity index (χ2n) is 4.44. The first kappa shape index (κ1) is 12.1. The molecular formula is C12H14N4O3. The minimum Gasteiger partial charge on any atom is -0.394 e. The maximum atomic E-state index is 12.4. The predicted molar refractivity (Wildman–Crippen MR) is 66.6 cm³/mol. The Morgan fingerprint density at radius 3 is 3.16 bits per heavy atom. The fourth-order valence-corrected chi connectivity index (χ4v) is 2.21. The van der Waals surface area contributed by atoms with E-state index >= 15 is 0 Å². The molecule has 0 spiro atoms. The number of benzene rings is 1. The van der Waals surface area contributed by atoms with Crippen molar-refractivity contribution in [2.75, 3.05) is 26.4 Å². The van der Waals surface area contributed by atoms with E-state index in [1.807, 2.05) is 0 Å². The number of nitrogens with zero attached hydrogens (tertiary/aromatic N) is 3. The number of fused-ring (bicyclic) bond motifs is 1. The highest BCUT2D eigenvalue weighted by atomic mass is 16.5. The number of hydrogen-bond acceptors (Lipinski definition) is 5. The Balaban J connectivity index is 1.89. The summed E-state index contributed by atoms with van der Waals surface area (Å²) in [4.78, 5) is 14.1. The lowest BCUT2D eigenvalue weighted by Gasteiger charge is -2.34. The molecule has 1 aromatic heterocycles. The van der Waals surface area contributed by atoms with Crippen LogP contribution < -0.4 is 0 Å². The van der Waals surface area contributed by atoms with Crippen LogP contribution in [0.5, 0.6) is 0 Å². The minimum atomic E-state index is -0.283. The summed E-state index contributed by atoms with van der Waals surface area (Å²) in [6.07, 6.45) is 0. The van der Waals surface area contributed by atoms with Crippen molar-refractivity contribution >= 4 is 16.9 Å². The maximum absolute atomic E-state index is 12.4. The van der Waals surface area contributed by atoms with E-state index in [9.17, 15) is 9.90 Å². The fourth-order valence-electron chi connectivity index (χ4n) is 2.21. The minimum absolute atomic E-state index is 0.0993. The summed E-state index contributed by atoms with van der Waals surface area (Å²) in [5.74, 6) is -0.118. The summed E-state index contributed by atoms with van der Waals surface area (Å²) in [5, 5.41) is 19.7. The van der Waals surface area contributed by atoms with Crippen molar-refractivity contribution in [3.63, 3.8) is 0 Å². The van der Waals surface area contributed by atoms with Crippen LogP contribution >= 0.6 is 0 Å². The number of rotatable bonds is 2. The van der Waals surface area contributed by atoms with Crippen molar-refractivity contribution in [2.45, 2.75) is 6.04 Å². The van der Waals surface area contributed by atoms with E-state index in [1.54, 1.807) is 23.1 Å². The van der Waals surface area contributed by atoms with Gasteiger partial charge in [-0.05, 0) is 18.2 Å². The number of aliphatic hydroxyl groups excluding tert-OH is 1. The SMILES string of the molecule is O=C(c1ccc2n[nH]nc2c1)N1CCOCC1CO. The number of H-pyrrole nitrogens is 1. The molecule has 0 aliphatic carbocycles. The van der Waals surface area contributed by atoms with Gasteiger partial charge < -0.3 is 14.7 Å². The van der Waals surface area contributed by atoms with Crippen molar-refractivity contribution in [1.29, 1.82) is 0 Å². The summed E-state index contributed by atoms with van der Waals surface area (Å²) >= 11 is 0. The Kier molecular flexibility index (Phi) is 3.14. The van der Waals surface area contributed by atoms with Gasteiger partial charge in [-0.1, -0.05) is 0 Å². The molecule has 1 aliphatic rings. The first-order valence-corrected chi connectivity index (χ1v) is 6.09. The first-order chi connectivity index (χ1) is 9.29. The van der Waals surface area contributed by atoms with Gasteiger partial charge in [0.25, 0.3) is 5.91 Å². The summed E-state index contributed by atoms with van der Waals surface area (Å²) in [6.45, 7) is 1.25. The van der Waals surface area contributed by atoms with Gasteiger partial charge in [-0.25, -0.2) is 0 Å². The second-order valence-corrected chi connectivity index (χ2v) is 4.44. The third kappa shape index (κ3) is 2.18. The van der Waals surface area contributed by atoms with E-state index in [-0.39, 0.29) is 18.6 Å². The van der Waals surface area contributed by atoms with Crippen LogP contribution in [-0.4, -0.2) is 63.7 Å². The zero-order valence-corrected chi connectivity index (χ0v) is 10.2. The molecule has 0 bridgehead atoms. The van der Waals surface area contributed by atoms with Crippen LogP contribution in [0, 0.1) is 0 Å². The van der Waals surface area contributed by atoms with E-state index in [0.29, 0.717) is 30.8 Å². The zero-order chi connectivity index (χ0) is 13.2. The highest BCUT2D eigenvalue weighted by Gasteiger charge is 2.27. The van der Waals surface area contributed by atoms with Gasteiger partial charge in [-0.3, -0.25) is 4.79 Å². The molecule has 19 heavy (non-hydrogen) atoms. The molecule has 1 fully saturated rings. The van der Waals surface area contributed by atoms with Crippen LogP contribution in [0.2, 0.25) is 0 Å². The van der Waals surface area contributed by atoms with Crippen LogP contribution in [0.3, 0.4) is 0 Å². The molecule has 100 valence electrons. The summed E-state index contributed by atoms with van der Waals surface area (Å²) in [6, 6.07) is 4.89. The quantitative estimate of drug-likeness (QED) is 0.781. The molecule has 2 aromatic rings. The molecule has 1 atom stereocenters. The molecular weight excluding hydrogens is 248 g/mol. The van der Waals surface area contributed by atoms with Crippen LogP contribution in [0.15, 0.2) is 18.2 Å². The lowest BCUT2D eigenvalue weighted by Crippen LogP contribution is -2.50. The van der Waals surface area contributed by atoms with Gasteiger partial charge in [0.15, 0.2) is 0 Å². The van der Waals surface area contributed by atoms with Crippen LogP contribution in [-0.2, 0) is 4.74 Å². The summed E-state index contributed by atoms with van der Waals surface area (Å²) < 4.78 is 5.27. The van der Waals surface area contributed by atoms with Crippen molar-refractivity contribution in [3.05, 3.63) is 23.8 Å². The third-order valence-electron chi connectivity index (χ3n) is 3.26. The number of aromatic amines is 1. The van der Waals surface area contributed by atoms with Crippen molar-refractivity contribution in [2.24, 2.45) is 0 Å². The molecule has 7 nitrogen and oxygen atoms in total. The van der Waals surface area contributed by atoms with E-state index in [4.69, 9.17) is 4.74 Å². The largest absolute Gasteiger partial charge is 0.394 e. The maximum Gasteiger partial charge on any atom is 0.254 e. The Hall–Kier alpha value is -1.99. The summed E-state index contributed by atoms with van der Waals surface area (Å²) in [5.41, 5.74) is 1.92. The number of nitrogens with one attached hydrogen (secondary N) is 1. The Labute approximate surface area is 109 Å². The van der Waals surface area contributed by atoms with E-state index in [2.05, 4.69) is 15.4 Å². The van der Waals surface area contributed by atoms with Gasteiger partial charge in [0.1, 0.15) is 11.0 Å². The Bertz CT molecular complexity index is 597. The van der Waals surface area contributed by atoms with Crippen molar-refractivity contribution in [1.82, 2.24) is 20.3 Å². The lowest BCUT2D eigenvalue weighted by molar-refractivity contribution is -0.0183. The zero-order valence-electron chi connectivity index (χ0n) is 10.2. The van der Waals surface area contributed by atoms with E-state index in [0.717, 1.165) is 5.52 Å². The molecule has 0 radical (unpaired) electrons. The number of aromatic nitrogens is 3. The average Bonchev–Trinajstić information content (AvgIpc) is 2.93. The number of carbonyl (C=O) groups is 1. The van der Waals surface area contributed by atoms with Gasteiger partial charge in [-0.15, -0.1) is 0 Å². The smallest absolute Gasteiger partial charge is 0.254 e. The Morgan fingerprint density at radius 2 is 2.32 bits per heavy atom. The molecule has 1 saturated heterocycles. The average molecular weight is 262 g/mol. The number of morpholine rings is 1. The van der Waals surface area contributed by atoms with Gasteiger partial charge in [-0.2, -0.15) is 15.4 Å². The number of carbonyl (C=O) groups excluding carboxylic acids is 1.